The molecule has 2 amide bonds. The first kappa shape index (κ1) is 16.0. The van der Waals surface area contributed by atoms with Crippen molar-refractivity contribution in [3.05, 3.63) is 51.5 Å². The van der Waals surface area contributed by atoms with Gasteiger partial charge in [0.25, 0.3) is 11.8 Å². The Bertz CT molecular complexity index is 819. The minimum Gasteiger partial charge on any atom is -0.322 e. The van der Waals surface area contributed by atoms with Crippen LogP contribution in [0.3, 0.4) is 0 Å². The van der Waals surface area contributed by atoms with Crippen LogP contribution in [-0.2, 0) is 4.84 Å². The molecule has 25 heavy (non-hydrogen) atoms. The summed E-state index contributed by atoms with van der Waals surface area (Å²) in [5, 5.41) is 3.07. The van der Waals surface area contributed by atoms with Crippen molar-refractivity contribution in [2.45, 2.75) is 38.0 Å². The van der Waals surface area contributed by atoms with E-state index in [1.165, 1.54) is 42.7 Å². The van der Waals surface area contributed by atoms with Crippen molar-refractivity contribution < 1.29 is 19.2 Å². The molecule has 6 nitrogen and oxygen atoms in total. The molecule has 4 rings (SSSR count). The number of hydrogen-bond acceptors (Lipinski definition) is 6. The van der Waals surface area contributed by atoms with Gasteiger partial charge in [0, 0.05) is 11.3 Å². The van der Waals surface area contributed by atoms with Crippen LogP contribution in [0.2, 0.25) is 0 Å². The lowest BCUT2D eigenvalue weighted by molar-refractivity contribution is -0.0588. The van der Waals surface area contributed by atoms with Gasteiger partial charge >= 0.3 is 5.97 Å². The minimum absolute atomic E-state index is 0.141. The number of aromatic nitrogens is 1. The Labute approximate surface area is 148 Å². The Kier molecular flexibility index (Phi) is 4.09. The van der Waals surface area contributed by atoms with Gasteiger partial charge in [0.1, 0.15) is 0 Å². The summed E-state index contributed by atoms with van der Waals surface area (Å²) in [5.41, 5.74) is 0.616. The molecule has 1 aliphatic carbocycles. The molecule has 0 radical (unpaired) electrons. The van der Waals surface area contributed by atoms with Gasteiger partial charge in [-0.25, -0.2) is 9.78 Å². The van der Waals surface area contributed by atoms with Crippen LogP contribution in [0.15, 0.2) is 29.6 Å². The van der Waals surface area contributed by atoms with Crippen LogP contribution in [0.25, 0.3) is 0 Å². The summed E-state index contributed by atoms with van der Waals surface area (Å²) < 4.78 is 0. The van der Waals surface area contributed by atoms with Crippen molar-refractivity contribution in [3.8, 4) is 0 Å². The molecule has 2 aromatic rings. The van der Waals surface area contributed by atoms with Gasteiger partial charge in [-0.05, 0) is 25.0 Å². The van der Waals surface area contributed by atoms with E-state index in [-0.39, 0.29) is 16.8 Å². The van der Waals surface area contributed by atoms with Crippen molar-refractivity contribution in [1.29, 1.82) is 0 Å². The highest BCUT2D eigenvalue weighted by atomic mass is 32.1. The van der Waals surface area contributed by atoms with Crippen LogP contribution in [0.5, 0.6) is 0 Å². The predicted octanol–water partition coefficient (Wildman–Crippen LogP) is 3.56. The molecule has 2 aliphatic rings. The number of thiazole rings is 1. The van der Waals surface area contributed by atoms with Gasteiger partial charge in [0.05, 0.1) is 16.1 Å². The maximum Gasteiger partial charge on any atom is 0.383 e. The number of hydrogen-bond donors (Lipinski definition) is 0. The topological polar surface area (TPSA) is 76.6 Å². The maximum atomic E-state index is 12.3. The Morgan fingerprint density at radius 1 is 1.08 bits per heavy atom. The van der Waals surface area contributed by atoms with Gasteiger partial charge in [-0.15, -0.1) is 11.3 Å². The maximum absolute atomic E-state index is 12.3. The smallest absolute Gasteiger partial charge is 0.322 e. The van der Waals surface area contributed by atoms with Gasteiger partial charge in [-0.3, -0.25) is 9.59 Å². The van der Waals surface area contributed by atoms with Crippen molar-refractivity contribution in [2.24, 2.45) is 0 Å². The molecule has 0 atom stereocenters. The Balaban J connectivity index is 1.49. The monoisotopic (exact) mass is 356 g/mol. The molecule has 7 heteroatoms. The summed E-state index contributed by atoms with van der Waals surface area (Å²) >= 11 is 1.43. The third kappa shape index (κ3) is 2.84. The molecule has 1 fully saturated rings. The van der Waals surface area contributed by atoms with E-state index in [4.69, 9.17) is 4.84 Å². The quantitative estimate of drug-likeness (QED) is 0.786. The van der Waals surface area contributed by atoms with Crippen LogP contribution in [-0.4, -0.2) is 27.8 Å². The largest absolute Gasteiger partial charge is 0.383 e. The zero-order valence-corrected chi connectivity index (χ0v) is 14.3. The van der Waals surface area contributed by atoms with E-state index in [9.17, 15) is 14.4 Å². The molecule has 1 aromatic carbocycles. The van der Waals surface area contributed by atoms with Gasteiger partial charge in [0.2, 0.25) is 0 Å². The van der Waals surface area contributed by atoms with Gasteiger partial charge in [-0.1, -0.05) is 36.5 Å². The molecule has 0 N–H and O–H groups in total. The number of rotatable bonds is 3. The fourth-order valence-corrected chi connectivity index (χ4v) is 4.26. The number of nitrogens with zero attached hydrogens (tertiary/aromatic N) is 2. The minimum atomic E-state index is -0.784. The van der Waals surface area contributed by atoms with Gasteiger partial charge < -0.3 is 4.84 Å². The number of hydroxylamine groups is 2. The van der Waals surface area contributed by atoms with Crippen molar-refractivity contribution in [1.82, 2.24) is 10.0 Å². The van der Waals surface area contributed by atoms with Crippen molar-refractivity contribution in [2.75, 3.05) is 0 Å². The van der Waals surface area contributed by atoms with E-state index in [1.54, 1.807) is 17.5 Å². The lowest BCUT2D eigenvalue weighted by Gasteiger charge is -2.18. The van der Waals surface area contributed by atoms with Crippen LogP contribution in [0, 0.1) is 0 Å². The first-order valence-electron chi connectivity index (χ1n) is 8.30. The predicted molar refractivity (Wildman–Crippen MR) is 90.3 cm³/mol. The fraction of sp³-hybridized carbons (Fsp3) is 0.333. The molecule has 1 aromatic heterocycles. The molecule has 1 saturated carbocycles. The molecule has 1 aliphatic heterocycles. The molecule has 0 saturated heterocycles. The zero-order valence-electron chi connectivity index (χ0n) is 13.4. The Hall–Kier alpha value is -2.54. The van der Waals surface area contributed by atoms with E-state index in [0.29, 0.717) is 11.0 Å². The number of carbonyl (C=O) groups is 3. The molecule has 2 heterocycles. The molecule has 0 spiro atoms. The molecule has 0 unspecified atom stereocenters. The summed E-state index contributed by atoms with van der Waals surface area (Å²) in [6.45, 7) is 0. The van der Waals surface area contributed by atoms with Crippen LogP contribution < -0.4 is 0 Å². The van der Waals surface area contributed by atoms with Crippen LogP contribution in [0.1, 0.15) is 74.2 Å². The Morgan fingerprint density at radius 3 is 2.36 bits per heavy atom. The third-order valence-electron chi connectivity index (χ3n) is 4.62. The highest BCUT2D eigenvalue weighted by Gasteiger charge is 2.39. The Morgan fingerprint density at radius 2 is 1.72 bits per heavy atom. The number of imide groups is 1. The van der Waals surface area contributed by atoms with Crippen molar-refractivity contribution >= 4 is 29.1 Å². The van der Waals surface area contributed by atoms with Gasteiger partial charge in [-0.2, -0.15) is 0 Å². The van der Waals surface area contributed by atoms with Crippen LogP contribution >= 0.6 is 11.3 Å². The molecular weight excluding hydrogens is 340 g/mol. The number of amides is 2. The molecular formula is C18H16N2O4S. The van der Waals surface area contributed by atoms with Gasteiger partial charge in [0.15, 0.2) is 5.69 Å². The average Bonchev–Trinajstić information content (AvgIpc) is 3.23. The second-order valence-corrected chi connectivity index (χ2v) is 7.12. The van der Waals surface area contributed by atoms with Crippen LogP contribution in [0.4, 0.5) is 0 Å². The first-order valence-corrected chi connectivity index (χ1v) is 9.18. The second kappa shape index (κ2) is 6.40. The van der Waals surface area contributed by atoms with Crippen molar-refractivity contribution in [3.63, 3.8) is 0 Å². The summed E-state index contributed by atoms with van der Waals surface area (Å²) in [7, 11) is 0. The van der Waals surface area contributed by atoms with E-state index in [2.05, 4.69) is 4.98 Å². The molecule has 128 valence electrons. The number of fused-ring (bicyclic) bond motifs is 1. The first-order chi connectivity index (χ1) is 12.1. The third-order valence-corrected chi connectivity index (χ3v) is 5.62. The van der Waals surface area contributed by atoms with E-state index in [0.717, 1.165) is 17.8 Å². The summed E-state index contributed by atoms with van der Waals surface area (Å²) in [4.78, 5) is 46.2. The van der Waals surface area contributed by atoms with E-state index < -0.39 is 17.8 Å². The number of carbonyl (C=O) groups excluding carboxylic acids is 3. The molecule has 0 bridgehead atoms. The number of benzene rings is 1. The normalized spacial score (nSPS) is 17.7. The van der Waals surface area contributed by atoms with E-state index in [1.807, 2.05) is 0 Å². The summed E-state index contributed by atoms with van der Waals surface area (Å²) in [5.74, 6) is -1.65. The zero-order chi connectivity index (χ0) is 17.4. The SMILES string of the molecule is O=C(ON1C(=O)c2ccccc2C1=O)c1csc(C2CCCCC2)n1. The lowest BCUT2D eigenvalue weighted by Crippen LogP contribution is -2.32. The summed E-state index contributed by atoms with van der Waals surface area (Å²) in [6, 6.07) is 6.39. The average molecular weight is 356 g/mol. The highest BCUT2D eigenvalue weighted by molar-refractivity contribution is 7.09. The van der Waals surface area contributed by atoms with E-state index >= 15 is 0 Å². The second-order valence-electron chi connectivity index (χ2n) is 6.23. The lowest BCUT2D eigenvalue weighted by atomic mass is 9.90. The standard InChI is InChI=1S/C18H16N2O4S/c21-16-12-8-4-5-9-13(12)17(22)20(16)24-18(23)14-10-25-15(19-14)11-6-2-1-3-7-11/h4-5,8-11H,1-3,6-7H2. The summed E-state index contributed by atoms with van der Waals surface area (Å²) in [6.07, 6.45) is 5.77. The highest BCUT2D eigenvalue weighted by Crippen LogP contribution is 2.34. The fourth-order valence-electron chi connectivity index (χ4n) is 3.30.